The highest BCUT2D eigenvalue weighted by Crippen LogP contribution is 2.27. The van der Waals surface area contributed by atoms with Crippen molar-refractivity contribution in [3.05, 3.63) is 71.3 Å². The molecule has 6 nitrogen and oxygen atoms in total. The summed E-state index contributed by atoms with van der Waals surface area (Å²) in [7, 11) is 0. The minimum Gasteiger partial charge on any atom is -0.494 e. The number of nitrogens with zero attached hydrogens (tertiary/aromatic N) is 3. The zero-order chi connectivity index (χ0) is 21.9. The lowest BCUT2D eigenvalue weighted by Gasteiger charge is -2.25. The minimum absolute atomic E-state index is 0.0702. The number of nitrogens with one attached hydrogen (secondary N) is 1. The van der Waals surface area contributed by atoms with Gasteiger partial charge >= 0.3 is 0 Å². The van der Waals surface area contributed by atoms with Gasteiger partial charge < -0.3 is 10.1 Å². The highest BCUT2D eigenvalue weighted by atomic mass is 19.1. The van der Waals surface area contributed by atoms with Crippen molar-refractivity contribution >= 4 is 11.6 Å². The molecule has 5 rings (SSSR count). The van der Waals surface area contributed by atoms with Gasteiger partial charge in [0.15, 0.2) is 0 Å². The number of ether oxygens (including phenoxy) is 1. The molecule has 2 aliphatic heterocycles. The third-order valence-electron chi connectivity index (χ3n) is 6.12. The molecule has 2 aromatic carbocycles. The fourth-order valence-corrected chi connectivity index (χ4v) is 4.38. The van der Waals surface area contributed by atoms with Crippen LogP contribution in [0.2, 0.25) is 0 Å². The molecule has 0 fully saturated rings. The van der Waals surface area contributed by atoms with Crippen LogP contribution in [0.1, 0.15) is 36.1 Å². The number of hydrogen-bond donors (Lipinski definition) is 1. The summed E-state index contributed by atoms with van der Waals surface area (Å²) >= 11 is 0. The number of amides is 1. The third-order valence-corrected chi connectivity index (χ3v) is 6.12. The summed E-state index contributed by atoms with van der Waals surface area (Å²) in [6.45, 7) is 3.52. The van der Waals surface area contributed by atoms with Crippen LogP contribution >= 0.6 is 0 Å². The van der Waals surface area contributed by atoms with Crippen LogP contribution < -0.4 is 10.1 Å². The predicted molar refractivity (Wildman–Crippen MR) is 121 cm³/mol. The lowest BCUT2D eigenvalue weighted by Crippen LogP contribution is -2.31. The van der Waals surface area contributed by atoms with E-state index in [1.54, 1.807) is 10.7 Å². The van der Waals surface area contributed by atoms with E-state index in [9.17, 15) is 9.18 Å². The number of anilines is 1. The predicted octanol–water partition coefficient (Wildman–Crippen LogP) is 4.11. The highest BCUT2D eigenvalue weighted by molar-refractivity contribution is 5.94. The fraction of sp³-hybridized carbons (Fsp3) is 0.360. The van der Waals surface area contributed by atoms with Gasteiger partial charge in [-0.15, -0.1) is 0 Å². The van der Waals surface area contributed by atoms with Crippen molar-refractivity contribution in [2.45, 2.75) is 38.6 Å². The van der Waals surface area contributed by atoms with Gasteiger partial charge in [0, 0.05) is 49.4 Å². The molecule has 32 heavy (non-hydrogen) atoms. The molecule has 1 amide bonds. The Kier molecular flexibility index (Phi) is 5.90. The van der Waals surface area contributed by atoms with Crippen molar-refractivity contribution in [1.29, 1.82) is 0 Å². The van der Waals surface area contributed by atoms with Crippen molar-refractivity contribution in [2.24, 2.45) is 0 Å². The van der Waals surface area contributed by atoms with E-state index in [4.69, 9.17) is 4.74 Å². The Morgan fingerprint density at radius 1 is 1.06 bits per heavy atom. The summed E-state index contributed by atoms with van der Waals surface area (Å²) < 4.78 is 21.2. The molecule has 3 aromatic rings. The molecule has 0 aliphatic carbocycles. The Balaban J connectivity index is 1.08. The maximum atomic E-state index is 13.5. The van der Waals surface area contributed by atoms with Crippen LogP contribution in [0.4, 0.5) is 10.1 Å². The maximum absolute atomic E-state index is 13.5. The van der Waals surface area contributed by atoms with E-state index in [0.717, 1.165) is 68.1 Å². The lowest BCUT2D eigenvalue weighted by atomic mass is 10.0. The second-order valence-corrected chi connectivity index (χ2v) is 8.47. The zero-order valence-electron chi connectivity index (χ0n) is 18.0. The Morgan fingerprint density at radius 3 is 2.91 bits per heavy atom. The number of rotatable bonds is 7. The number of carbonyl (C=O) groups excluding carboxylic acids is 1. The monoisotopic (exact) mass is 434 g/mol. The van der Waals surface area contributed by atoms with E-state index in [0.29, 0.717) is 13.0 Å². The topological polar surface area (TPSA) is 59.4 Å². The van der Waals surface area contributed by atoms with Crippen molar-refractivity contribution in [1.82, 2.24) is 14.7 Å². The van der Waals surface area contributed by atoms with E-state index < -0.39 is 0 Å². The number of aromatic nitrogens is 2. The number of fused-ring (bicyclic) bond motifs is 2. The first-order valence-corrected chi connectivity index (χ1v) is 11.3. The average molecular weight is 435 g/mol. The molecule has 1 N–H and O–H groups in total. The lowest BCUT2D eigenvalue weighted by molar-refractivity contribution is -0.116. The van der Waals surface area contributed by atoms with E-state index in [1.165, 1.54) is 23.3 Å². The zero-order valence-corrected chi connectivity index (χ0v) is 18.0. The molecule has 0 unspecified atom stereocenters. The van der Waals surface area contributed by atoms with Crippen molar-refractivity contribution < 1.29 is 13.9 Å². The van der Waals surface area contributed by atoms with Crippen molar-refractivity contribution in [2.75, 3.05) is 25.0 Å². The van der Waals surface area contributed by atoms with Gasteiger partial charge in [0.25, 0.3) is 0 Å². The van der Waals surface area contributed by atoms with E-state index in [-0.39, 0.29) is 11.7 Å². The Bertz CT molecular complexity index is 1130. The summed E-state index contributed by atoms with van der Waals surface area (Å²) in [6.07, 6.45) is 6.30. The summed E-state index contributed by atoms with van der Waals surface area (Å²) in [4.78, 5) is 14.0. The smallest absolute Gasteiger partial charge is 0.224 e. The van der Waals surface area contributed by atoms with Crippen molar-refractivity contribution in [3.8, 4) is 11.4 Å². The van der Waals surface area contributed by atoms with Gasteiger partial charge in [-0.1, -0.05) is 12.1 Å². The van der Waals surface area contributed by atoms with Crippen LogP contribution in [-0.2, 0) is 24.2 Å². The summed E-state index contributed by atoms with van der Waals surface area (Å²) in [5, 5.41) is 7.57. The Morgan fingerprint density at radius 2 is 2.00 bits per heavy atom. The van der Waals surface area contributed by atoms with Crippen LogP contribution in [0, 0.1) is 5.82 Å². The molecule has 0 saturated carbocycles. The van der Waals surface area contributed by atoms with Gasteiger partial charge in [0.2, 0.25) is 5.91 Å². The number of benzene rings is 2. The summed E-state index contributed by atoms with van der Waals surface area (Å²) in [5.41, 5.74) is 5.12. The normalized spacial score (nSPS) is 15.7. The second kappa shape index (κ2) is 9.12. The molecule has 0 atom stereocenters. The van der Waals surface area contributed by atoms with Crippen LogP contribution in [0.15, 0.2) is 48.7 Å². The van der Waals surface area contributed by atoms with Gasteiger partial charge in [-0.25, -0.2) is 9.07 Å². The SMILES string of the molecule is O=C1CCc2ccc(OCCCCN3CCc4nn(-c5cccc(F)c5)cc4C3)cc2N1. The first-order chi connectivity index (χ1) is 15.6. The maximum Gasteiger partial charge on any atom is 0.224 e. The molecule has 0 bridgehead atoms. The largest absolute Gasteiger partial charge is 0.494 e. The van der Waals surface area contributed by atoms with Gasteiger partial charge in [-0.05, 0) is 55.6 Å². The molecule has 0 spiro atoms. The number of hydrogen-bond acceptors (Lipinski definition) is 4. The molecule has 166 valence electrons. The molecule has 3 heterocycles. The highest BCUT2D eigenvalue weighted by Gasteiger charge is 2.20. The number of aryl methyl sites for hydroxylation is 1. The summed E-state index contributed by atoms with van der Waals surface area (Å²) in [6, 6.07) is 12.5. The average Bonchev–Trinajstić information content (AvgIpc) is 3.22. The minimum atomic E-state index is -0.250. The third kappa shape index (κ3) is 4.67. The Labute approximate surface area is 187 Å². The van der Waals surface area contributed by atoms with Crippen LogP contribution in [0.25, 0.3) is 5.69 Å². The van der Waals surface area contributed by atoms with E-state index in [1.807, 2.05) is 30.5 Å². The van der Waals surface area contributed by atoms with Gasteiger partial charge in [-0.2, -0.15) is 5.10 Å². The van der Waals surface area contributed by atoms with Crippen molar-refractivity contribution in [3.63, 3.8) is 0 Å². The van der Waals surface area contributed by atoms with E-state index >= 15 is 0 Å². The molecule has 0 saturated heterocycles. The fourth-order valence-electron chi connectivity index (χ4n) is 4.38. The molecular formula is C25H27FN4O2. The van der Waals surface area contributed by atoms with Crippen LogP contribution in [0.5, 0.6) is 5.75 Å². The summed E-state index contributed by atoms with van der Waals surface area (Å²) in [5.74, 6) is 0.624. The van der Waals surface area contributed by atoms with Crippen LogP contribution in [-0.4, -0.2) is 40.3 Å². The number of halogens is 1. The molecular weight excluding hydrogens is 407 g/mol. The van der Waals surface area contributed by atoms with Gasteiger partial charge in [0.05, 0.1) is 18.0 Å². The Hall–Kier alpha value is -3.19. The number of unbranched alkanes of at least 4 members (excludes halogenated alkanes) is 1. The van der Waals surface area contributed by atoms with Gasteiger partial charge in [-0.3, -0.25) is 9.69 Å². The van der Waals surface area contributed by atoms with Crippen LogP contribution in [0.3, 0.4) is 0 Å². The number of carbonyl (C=O) groups is 1. The molecule has 2 aliphatic rings. The first-order valence-electron chi connectivity index (χ1n) is 11.3. The quantitative estimate of drug-likeness (QED) is 0.569. The molecule has 1 aromatic heterocycles. The standard InChI is InChI=1S/C25H27FN4O2/c26-20-4-3-5-21(14-20)30-17-19-16-29(12-10-23(19)28-30)11-1-2-13-32-22-8-6-18-7-9-25(31)27-24(18)15-22/h3-6,8,14-15,17H,1-2,7,9-13,16H2,(H,27,31). The first kappa shape index (κ1) is 20.7. The second-order valence-electron chi connectivity index (χ2n) is 8.47. The molecule has 7 heteroatoms. The van der Waals surface area contributed by atoms with Gasteiger partial charge in [0.1, 0.15) is 11.6 Å². The molecule has 0 radical (unpaired) electrons. The van der Waals surface area contributed by atoms with E-state index in [2.05, 4.69) is 15.3 Å².